The largest absolute Gasteiger partial charge is 0.365 e. The lowest BCUT2D eigenvalue weighted by atomic mass is 10.1. The molecule has 1 saturated heterocycles. The van der Waals surface area contributed by atoms with Crippen LogP contribution in [-0.2, 0) is 9.59 Å². The standard InChI is InChI=1S/C19H29N7O4/c1-13-6-8-14(9-7-13)24-18(28)16-11-15(12-22-16)23-17(27)5-3-2-4-10-21-19(20)25-26(29)30/h6-9,15-16,22H,2-5,10-12H2,1H3,(H,23,27)(H,24,28)(H3,20,21,25). The Morgan fingerprint density at radius 1 is 1.27 bits per heavy atom. The van der Waals surface area contributed by atoms with Crippen molar-refractivity contribution in [2.75, 3.05) is 18.4 Å². The summed E-state index contributed by atoms with van der Waals surface area (Å²) >= 11 is 0. The minimum absolute atomic E-state index is 0.0521. The minimum atomic E-state index is -0.860. The van der Waals surface area contributed by atoms with Crippen LogP contribution in [0, 0.1) is 17.0 Å². The molecule has 6 N–H and O–H groups in total. The van der Waals surface area contributed by atoms with Crippen LogP contribution in [0.2, 0.25) is 0 Å². The van der Waals surface area contributed by atoms with E-state index in [1.165, 1.54) is 0 Å². The topological polar surface area (TPSA) is 164 Å². The number of benzene rings is 1. The molecule has 1 fully saturated rings. The highest BCUT2D eigenvalue weighted by atomic mass is 16.7. The van der Waals surface area contributed by atoms with Gasteiger partial charge in [-0.25, -0.2) is 10.1 Å². The van der Waals surface area contributed by atoms with E-state index in [-0.39, 0.29) is 29.9 Å². The number of carbonyl (C=O) groups is 2. The van der Waals surface area contributed by atoms with E-state index in [1.54, 1.807) is 0 Å². The van der Waals surface area contributed by atoms with Gasteiger partial charge in [0.2, 0.25) is 11.8 Å². The van der Waals surface area contributed by atoms with Gasteiger partial charge in [-0.2, -0.15) is 0 Å². The summed E-state index contributed by atoms with van der Waals surface area (Å²) in [6, 6.07) is 7.18. The molecular weight excluding hydrogens is 390 g/mol. The van der Waals surface area contributed by atoms with Gasteiger partial charge >= 0.3 is 0 Å². The molecule has 0 saturated carbocycles. The Bertz CT molecular complexity index is 767. The molecule has 0 aliphatic carbocycles. The molecule has 2 atom stereocenters. The summed E-state index contributed by atoms with van der Waals surface area (Å²) in [4.78, 5) is 34.6. The van der Waals surface area contributed by atoms with Crippen LogP contribution in [0.15, 0.2) is 29.4 Å². The summed E-state index contributed by atoms with van der Waals surface area (Å²) in [5.74, 6) is -0.390. The number of nitrogens with one attached hydrogen (secondary N) is 4. The minimum Gasteiger partial charge on any atom is -0.365 e. The summed E-state index contributed by atoms with van der Waals surface area (Å²) in [6.45, 7) is 2.99. The molecule has 2 unspecified atom stereocenters. The molecule has 2 rings (SSSR count). The molecule has 0 aromatic heterocycles. The first kappa shape index (κ1) is 23.1. The second-order valence-electron chi connectivity index (χ2n) is 7.28. The van der Waals surface area contributed by atoms with Gasteiger partial charge in [-0.05, 0) is 38.3 Å². The summed E-state index contributed by atoms with van der Waals surface area (Å²) in [6.07, 6.45) is 3.11. The maximum absolute atomic E-state index is 12.4. The van der Waals surface area contributed by atoms with Gasteiger partial charge in [-0.3, -0.25) is 9.59 Å². The first-order valence-corrected chi connectivity index (χ1v) is 9.96. The molecule has 164 valence electrons. The van der Waals surface area contributed by atoms with Crippen molar-refractivity contribution in [2.45, 2.75) is 51.1 Å². The molecule has 2 amide bonds. The maximum Gasteiger partial charge on any atom is 0.266 e. The second-order valence-corrected chi connectivity index (χ2v) is 7.28. The van der Waals surface area contributed by atoms with E-state index in [2.05, 4.69) is 26.4 Å². The highest BCUT2D eigenvalue weighted by molar-refractivity contribution is 5.95. The Morgan fingerprint density at radius 2 is 2.00 bits per heavy atom. The average Bonchev–Trinajstić information content (AvgIpc) is 3.14. The van der Waals surface area contributed by atoms with Crippen molar-refractivity contribution in [1.82, 2.24) is 16.0 Å². The highest BCUT2D eigenvalue weighted by Gasteiger charge is 2.30. The number of amides is 2. The normalized spacial score (nSPS) is 18.6. The monoisotopic (exact) mass is 419 g/mol. The Morgan fingerprint density at radius 3 is 2.70 bits per heavy atom. The molecule has 30 heavy (non-hydrogen) atoms. The number of carbonyl (C=O) groups excluding carboxylic acids is 2. The number of hydrazone groups is 1. The fourth-order valence-corrected chi connectivity index (χ4v) is 3.14. The van der Waals surface area contributed by atoms with Gasteiger partial charge in [0.05, 0.1) is 6.04 Å². The van der Waals surface area contributed by atoms with E-state index < -0.39 is 5.03 Å². The molecule has 1 aromatic carbocycles. The lowest BCUT2D eigenvalue weighted by Crippen LogP contribution is -2.36. The number of nitrogens with two attached hydrogens (primary N) is 1. The van der Waals surface area contributed by atoms with Gasteiger partial charge in [0.15, 0.2) is 5.03 Å². The zero-order chi connectivity index (χ0) is 21.9. The van der Waals surface area contributed by atoms with Crippen LogP contribution in [0.4, 0.5) is 5.69 Å². The smallest absolute Gasteiger partial charge is 0.266 e. The molecule has 1 aliphatic rings. The third-order valence-corrected chi connectivity index (χ3v) is 4.71. The fourth-order valence-electron chi connectivity index (χ4n) is 3.14. The van der Waals surface area contributed by atoms with Gasteiger partial charge < -0.3 is 27.0 Å². The Labute approximate surface area is 175 Å². The molecule has 11 nitrogen and oxygen atoms in total. The second kappa shape index (κ2) is 11.7. The number of anilines is 1. The first-order valence-electron chi connectivity index (χ1n) is 9.96. The first-order chi connectivity index (χ1) is 14.3. The van der Waals surface area contributed by atoms with E-state index in [4.69, 9.17) is 5.73 Å². The van der Waals surface area contributed by atoms with Gasteiger partial charge in [-0.15, -0.1) is 0 Å². The predicted molar refractivity (Wildman–Crippen MR) is 113 cm³/mol. The van der Waals surface area contributed by atoms with E-state index in [9.17, 15) is 19.7 Å². The van der Waals surface area contributed by atoms with Gasteiger partial charge in [-0.1, -0.05) is 24.1 Å². The van der Waals surface area contributed by atoms with E-state index >= 15 is 0 Å². The molecular formula is C19H29N7O4. The number of rotatable bonds is 10. The molecule has 0 bridgehead atoms. The lowest BCUT2D eigenvalue weighted by molar-refractivity contribution is -0.485. The predicted octanol–water partition coefficient (Wildman–Crippen LogP) is 0.437. The van der Waals surface area contributed by atoms with Gasteiger partial charge in [0, 0.05) is 31.2 Å². The van der Waals surface area contributed by atoms with E-state index in [0.29, 0.717) is 38.8 Å². The van der Waals surface area contributed by atoms with Crippen molar-refractivity contribution in [3.8, 4) is 0 Å². The summed E-state index contributed by atoms with van der Waals surface area (Å²) in [5, 5.41) is 23.8. The van der Waals surface area contributed by atoms with Crippen molar-refractivity contribution in [3.63, 3.8) is 0 Å². The summed E-state index contributed by atoms with van der Waals surface area (Å²) in [5.41, 5.74) is 7.18. The number of hydrogen-bond acceptors (Lipinski definition) is 5. The van der Waals surface area contributed by atoms with Gasteiger partial charge in [0.1, 0.15) is 5.10 Å². The van der Waals surface area contributed by atoms with Crippen molar-refractivity contribution in [2.24, 2.45) is 10.8 Å². The quantitative estimate of drug-likeness (QED) is 0.121. The van der Waals surface area contributed by atoms with Crippen molar-refractivity contribution < 1.29 is 14.6 Å². The van der Waals surface area contributed by atoms with Crippen LogP contribution in [0.1, 0.15) is 37.7 Å². The third-order valence-electron chi connectivity index (χ3n) is 4.71. The van der Waals surface area contributed by atoms with Crippen molar-refractivity contribution >= 4 is 23.5 Å². The third kappa shape index (κ3) is 8.43. The number of aryl methyl sites for hydroxylation is 1. The number of unbranched alkanes of at least 4 members (excludes halogenated alkanes) is 2. The SMILES string of the molecule is Cc1ccc(NC(=O)C2CC(NC(=O)CCCCCN/C(N)=N/[N+](=O)[O-])CN2)cc1. The summed E-state index contributed by atoms with van der Waals surface area (Å²) < 4.78 is 0. The number of guanidine groups is 1. The van der Waals surface area contributed by atoms with E-state index in [0.717, 1.165) is 17.7 Å². The van der Waals surface area contributed by atoms with E-state index in [1.807, 2.05) is 31.2 Å². The number of hydrogen-bond donors (Lipinski definition) is 5. The molecule has 0 radical (unpaired) electrons. The zero-order valence-corrected chi connectivity index (χ0v) is 17.0. The highest BCUT2D eigenvalue weighted by Crippen LogP contribution is 2.13. The van der Waals surface area contributed by atoms with Crippen LogP contribution in [0.5, 0.6) is 0 Å². The Balaban J connectivity index is 1.58. The molecule has 1 aliphatic heterocycles. The molecule has 11 heteroatoms. The van der Waals surface area contributed by atoms with Gasteiger partial charge in [0.25, 0.3) is 5.96 Å². The van der Waals surface area contributed by atoms with Crippen molar-refractivity contribution in [3.05, 3.63) is 39.9 Å². The zero-order valence-electron chi connectivity index (χ0n) is 17.0. The molecule has 1 heterocycles. The lowest BCUT2D eigenvalue weighted by Gasteiger charge is -2.13. The Kier molecular flexibility index (Phi) is 9.01. The van der Waals surface area contributed by atoms with Crippen LogP contribution in [0.25, 0.3) is 0 Å². The average molecular weight is 419 g/mol. The van der Waals surface area contributed by atoms with Crippen LogP contribution in [0.3, 0.4) is 0 Å². The van der Waals surface area contributed by atoms with Crippen LogP contribution in [-0.4, -0.2) is 48.0 Å². The fraction of sp³-hybridized carbons (Fsp3) is 0.526. The maximum atomic E-state index is 12.4. The molecule has 1 aromatic rings. The number of nitrogens with zero attached hydrogens (tertiary/aromatic N) is 2. The van der Waals surface area contributed by atoms with Crippen LogP contribution < -0.4 is 27.0 Å². The Hall–Kier alpha value is -3.21. The summed E-state index contributed by atoms with van der Waals surface area (Å²) in [7, 11) is 0. The van der Waals surface area contributed by atoms with Crippen LogP contribution >= 0.6 is 0 Å². The van der Waals surface area contributed by atoms with Crippen molar-refractivity contribution in [1.29, 1.82) is 0 Å². The molecule has 0 spiro atoms. The number of nitro groups is 1.